The van der Waals surface area contributed by atoms with Gasteiger partial charge in [0.25, 0.3) is 0 Å². The predicted molar refractivity (Wildman–Crippen MR) is 254 cm³/mol. The van der Waals surface area contributed by atoms with E-state index in [0.29, 0.717) is 12.8 Å². The van der Waals surface area contributed by atoms with Gasteiger partial charge in [0.1, 0.15) is 12.6 Å². The topological polar surface area (TPSA) is 172 Å². The standard InChI is InChI=1S/C50H94NO10P/c1-3-5-7-9-11-13-15-17-19-21-23-25-27-29-31-33-35-37-39-41-48(52)58-43-46(44-59-62(56,57)60-45-47(51)50(54)55)61-49(53)42-40-38-36-34-32-30-28-26-24-22-20-18-16-14-12-10-8-6-4-2/h17-20,46-47H,3-16,21-45,51H2,1-2H3,(H,54,55)(H,56,57)/b19-17-,20-18-/t46-,47+/m1/s1. The predicted octanol–water partition coefficient (Wildman–Crippen LogP) is 14.2. The molecule has 0 heterocycles. The third kappa shape index (κ3) is 44.6. The lowest BCUT2D eigenvalue weighted by Gasteiger charge is -2.20. The van der Waals surface area contributed by atoms with E-state index < -0.39 is 51.1 Å². The molecule has 0 aliphatic carbocycles. The van der Waals surface area contributed by atoms with Crippen molar-refractivity contribution < 1.29 is 47.5 Å². The zero-order valence-electron chi connectivity index (χ0n) is 39.7. The summed E-state index contributed by atoms with van der Waals surface area (Å²) in [7, 11) is -4.72. The summed E-state index contributed by atoms with van der Waals surface area (Å²) in [4.78, 5) is 46.2. The van der Waals surface area contributed by atoms with E-state index >= 15 is 0 Å². The monoisotopic (exact) mass is 900 g/mol. The molecule has 364 valence electrons. The quantitative estimate of drug-likeness (QED) is 0.0230. The number of phosphoric ester groups is 1. The summed E-state index contributed by atoms with van der Waals surface area (Å²) in [6.07, 6.45) is 49.5. The molecule has 3 atom stereocenters. The van der Waals surface area contributed by atoms with Crippen LogP contribution in [0.3, 0.4) is 0 Å². The van der Waals surface area contributed by atoms with Gasteiger partial charge in [-0.25, -0.2) is 4.57 Å². The summed E-state index contributed by atoms with van der Waals surface area (Å²) in [5.74, 6) is -2.37. The van der Waals surface area contributed by atoms with Crippen LogP contribution in [0.1, 0.15) is 245 Å². The fourth-order valence-electron chi connectivity index (χ4n) is 7.17. The molecule has 0 aromatic carbocycles. The molecule has 0 aliphatic heterocycles. The van der Waals surface area contributed by atoms with Crippen LogP contribution >= 0.6 is 7.82 Å². The molecule has 0 fully saturated rings. The van der Waals surface area contributed by atoms with Crippen molar-refractivity contribution in [3.8, 4) is 0 Å². The molecular formula is C50H94NO10P. The Morgan fingerprint density at radius 3 is 1.18 bits per heavy atom. The van der Waals surface area contributed by atoms with E-state index in [0.717, 1.165) is 38.5 Å². The Kier molecular flexibility index (Phi) is 44.0. The van der Waals surface area contributed by atoms with E-state index in [1.807, 2.05) is 0 Å². The Balaban J connectivity index is 4.24. The highest BCUT2D eigenvalue weighted by atomic mass is 31.2. The summed E-state index contributed by atoms with van der Waals surface area (Å²) in [6, 6.07) is -1.52. The molecule has 0 spiro atoms. The normalized spacial score (nSPS) is 13.7. The largest absolute Gasteiger partial charge is 0.480 e. The van der Waals surface area contributed by atoms with E-state index in [4.69, 9.17) is 24.8 Å². The molecule has 0 rings (SSSR count). The summed E-state index contributed by atoms with van der Waals surface area (Å²) < 4.78 is 32.8. The van der Waals surface area contributed by atoms with Crippen LogP contribution in [0.5, 0.6) is 0 Å². The van der Waals surface area contributed by atoms with Crippen LogP contribution in [0.2, 0.25) is 0 Å². The van der Waals surface area contributed by atoms with E-state index in [9.17, 15) is 23.8 Å². The second kappa shape index (κ2) is 45.5. The second-order valence-electron chi connectivity index (χ2n) is 17.3. The number of esters is 2. The van der Waals surface area contributed by atoms with Crippen molar-refractivity contribution in [2.75, 3.05) is 19.8 Å². The van der Waals surface area contributed by atoms with Gasteiger partial charge in [0.15, 0.2) is 6.10 Å². The van der Waals surface area contributed by atoms with Gasteiger partial charge < -0.3 is 25.2 Å². The van der Waals surface area contributed by atoms with Crippen LogP contribution in [0.25, 0.3) is 0 Å². The summed E-state index contributed by atoms with van der Waals surface area (Å²) >= 11 is 0. The molecular weight excluding hydrogens is 806 g/mol. The van der Waals surface area contributed by atoms with Crippen LogP contribution < -0.4 is 5.73 Å². The number of unbranched alkanes of at least 4 members (excludes halogenated alkanes) is 30. The molecule has 0 saturated heterocycles. The van der Waals surface area contributed by atoms with Gasteiger partial charge in [0.2, 0.25) is 0 Å². The Labute approximate surface area is 379 Å². The Morgan fingerprint density at radius 1 is 0.484 bits per heavy atom. The van der Waals surface area contributed by atoms with Gasteiger partial charge in [-0.3, -0.25) is 23.4 Å². The van der Waals surface area contributed by atoms with Gasteiger partial charge in [0, 0.05) is 12.8 Å². The van der Waals surface area contributed by atoms with Crippen LogP contribution in [-0.4, -0.2) is 59.9 Å². The van der Waals surface area contributed by atoms with Gasteiger partial charge in [-0.1, -0.05) is 192 Å². The number of nitrogens with two attached hydrogens (primary N) is 1. The third-order valence-corrected chi connectivity index (χ3v) is 12.1. The second-order valence-corrected chi connectivity index (χ2v) is 18.8. The van der Waals surface area contributed by atoms with E-state index in [1.165, 1.54) is 167 Å². The molecule has 11 nitrogen and oxygen atoms in total. The number of phosphoric acid groups is 1. The van der Waals surface area contributed by atoms with E-state index in [2.05, 4.69) is 42.7 Å². The van der Waals surface area contributed by atoms with Crippen molar-refractivity contribution in [1.82, 2.24) is 0 Å². The fraction of sp³-hybridized carbons (Fsp3) is 0.860. The van der Waals surface area contributed by atoms with Crippen molar-refractivity contribution in [1.29, 1.82) is 0 Å². The molecule has 12 heteroatoms. The lowest BCUT2D eigenvalue weighted by Crippen LogP contribution is -2.34. The number of allylic oxidation sites excluding steroid dienone is 4. The zero-order chi connectivity index (χ0) is 45.6. The Morgan fingerprint density at radius 2 is 0.806 bits per heavy atom. The molecule has 0 saturated carbocycles. The third-order valence-electron chi connectivity index (χ3n) is 11.2. The SMILES string of the molecule is CCCCCCCC/C=C\CCCCCCCCCCCC(=O)OC[C@H](COP(=O)(O)OC[C@H](N)C(=O)O)OC(=O)CCCCCCCCCCC/C=C\CCCCCCCC. The number of aliphatic carboxylic acids is 1. The van der Waals surface area contributed by atoms with Crippen molar-refractivity contribution in [3.63, 3.8) is 0 Å². The first-order valence-corrected chi connectivity index (χ1v) is 26.9. The maximum absolute atomic E-state index is 12.7. The highest BCUT2D eigenvalue weighted by Gasteiger charge is 2.28. The summed E-state index contributed by atoms with van der Waals surface area (Å²) in [5.41, 5.74) is 5.35. The minimum Gasteiger partial charge on any atom is -0.480 e. The number of hydrogen-bond donors (Lipinski definition) is 3. The number of carboxylic acid groups (broad SMARTS) is 1. The molecule has 0 aliphatic rings. The van der Waals surface area contributed by atoms with Crippen LogP contribution in [0.15, 0.2) is 24.3 Å². The number of rotatable bonds is 48. The molecule has 0 bridgehead atoms. The summed E-state index contributed by atoms with van der Waals surface area (Å²) in [6.45, 7) is 2.83. The minimum atomic E-state index is -4.72. The van der Waals surface area contributed by atoms with E-state index in [-0.39, 0.29) is 19.4 Å². The van der Waals surface area contributed by atoms with Crippen LogP contribution in [-0.2, 0) is 37.5 Å². The van der Waals surface area contributed by atoms with Crippen molar-refractivity contribution >= 4 is 25.7 Å². The number of carboxylic acids is 1. The lowest BCUT2D eigenvalue weighted by molar-refractivity contribution is -0.161. The average molecular weight is 900 g/mol. The molecule has 1 unspecified atom stereocenters. The average Bonchev–Trinajstić information content (AvgIpc) is 3.25. The zero-order valence-corrected chi connectivity index (χ0v) is 40.6. The Hall–Kier alpha value is -2.04. The highest BCUT2D eigenvalue weighted by molar-refractivity contribution is 7.47. The van der Waals surface area contributed by atoms with Gasteiger partial charge >= 0.3 is 25.7 Å². The maximum Gasteiger partial charge on any atom is 0.472 e. The van der Waals surface area contributed by atoms with Gasteiger partial charge in [-0.15, -0.1) is 0 Å². The maximum atomic E-state index is 12.7. The molecule has 0 aromatic heterocycles. The fourth-order valence-corrected chi connectivity index (χ4v) is 7.95. The number of carbonyl (C=O) groups excluding carboxylic acids is 2. The van der Waals surface area contributed by atoms with Gasteiger partial charge in [-0.05, 0) is 64.2 Å². The van der Waals surface area contributed by atoms with Crippen LogP contribution in [0.4, 0.5) is 0 Å². The number of hydrogen-bond acceptors (Lipinski definition) is 9. The lowest BCUT2D eigenvalue weighted by atomic mass is 10.1. The van der Waals surface area contributed by atoms with Crippen molar-refractivity contribution in [3.05, 3.63) is 24.3 Å². The molecule has 0 radical (unpaired) electrons. The first kappa shape index (κ1) is 60.0. The first-order chi connectivity index (χ1) is 30.1. The first-order valence-electron chi connectivity index (χ1n) is 25.4. The molecule has 62 heavy (non-hydrogen) atoms. The molecule has 0 aromatic rings. The smallest absolute Gasteiger partial charge is 0.472 e. The number of carbonyl (C=O) groups is 3. The van der Waals surface area contributed by atoms with Crippen LogP contribution in [0, 0.1) is 0 Å². The van der Waals surface area contributed by atoms with Gasteiger partial charge in [-0.2, -0.15) is 0 Å². The minimum absolute atomic E-state index is 0.161. The molecule has 0 amide bonds. The Bertz CT molecular complexity index is 1150. The van der Waals surface area contributed by atoms with Gasteiger partial charge in [0.05, 0.1) is 13.2 Å². The van der Waals surface area contributed by atoms with E-state index in [1.54, 1.807) is 0 Å². The summed E-state index contributed by atoms with van der Waals surface area (Å²) in [5, 5.41) is 8.92. The number of ether oxygens (including phenoxy) is 2. The molecule has 4 N–H and O–H groups in total. The van der Waals surface area contributed by atoms with Crippen molar-refractivity contribution in [2.24, 2.45) is 5.73 Å². The van der Waals surface area contributed by atoms with Crippen molar-refractivity contribution in [2.45, 2.75) is 257 Å². The highest BCUT2D eigenvalue weighted by Crippen LogP contribution is 2.43.